The van der Waals surface area contributed by atoms with Crippen LogP contribution >= 0.6 is 0 Å². The van der Waals surface area contributed by atoms with Crippen LogP contribution in [-0.2, 0) is 16.0 Å². The molecule has 0 amide bonds. The van der Waals surface area contributed by atoms with Gasteiger partial charge in [0.25, 0.3) is 0 Å². The van der Waals surface area contributed by atoms with Crippen molar-refractivity contribution < 1.29 is 19.3 Å². The summed E-state index contributed by atoms with van der Waals surface area (Å²) in [4.78, 5) is 10.5. The Balaban J connectivity index is 2.85. The van der Waals surface area contributed by atoms with E-state index in [9.17, 15) is 14.6 Å². The molecule has 0 aliphatic carbocycles. The summed E-state index contributed by atoms with van der Waals surface area (Å²) in [6, 6.07) is 2.82. The minimum atomic E-state index is -1.76. The molecule has 0 aliphatic rings. The highest BCUT2D eigenvalue weighted by molar-refractivity contribution is 7.92. The molecule has 0 aliphatic heterocycles. The van der Waals surface area contributed by atoms with Gasteiger partial charge in [0.2, 0.25) is 11.4 Å². The van der Waals surface area contributed by atoms with Gasteiger partial charge in [-0.25, -0.2) is 4.79 Å². The topological polar surface area (TPSA) is 100 Å². The lowest BCUT2D eigenvalue weighted by Gasteiger charge is -2.05. The second-order valence-electron chi connectivity index (χ2n) is 2.57. The Hall–Kier alpha value is -1.34. The number of nitrogens with zero attached hydrogens (tertiary/aromatic N) is 2. The number of carbonyl (C=O) groups is 1. The van der Waals surface area contributed by atoms with Crippen molar-refractivity contribution in [3.63, 3.8) is 0 Å². The van der Waals surface area contributed by atoms with Gasteiger partial charge in [-0.15, -0.1) is 0 Å². The summed E-state index contributed by atoms with van der Waals surface area (Å²) in [5, 5.41) is 22.7. The van der Waals surface area contributed by atoms with E-state index in [-0.39, 0.29) is 5.03 Å². The molecule has 1 N–H and O–H groups in total. The standard InChI is InChI=1S/C7H8N2O4S/c1-5-2-3-6(8-9(5)12)14(13)4-7(10)11/h2-3H,4H2,1H3,(H,10,11). The summed E-state index contributed by atoms with van der Waals surface area (Å²) in [6.45, 7) is 1.55. The van der Waals surface area contributed by atoms with Gasteiger partial charge in [0.15, 0.2) is 0 Å². The summed E-state index contributed by atoms with van der Waals surface area (Å²) in [5.74, 6) is -1.74. The van der Waals surface area contributed by atoms with Gasteiger partial charge < -0.3 is 14.9 Å². The summed E-state index contributed by atoms with van der Waals surface area (Å²) in [6.07, 6.45) is 0. The Kier molecular flexibility index (Phi) is 3.26. The van der Waals surface area contributed by atoms with Crippen LogP contribution in [0.2, 0.25) is 0 Å². The molecule has 0 spiro atoms. The van der Waals surface area contributed by atoms with E-state index in [1.165, 1.54) is 12.1 Å². The third-order valence-corrected chi connectivity index (χ3v) is 2.64. The van der Waals surface area contributed by atoms with E-state index in [0.717, 1.165) is 0 Å². The van der Waals surface area contributed by atoms with Gasteiger partial charge in [0.1, 0.15) is 0 Å². The lowest BCUT2D eigenvalue weighted by Crippen LogP contribution is -2.36. The van der Waals surface area contributed by atoms with Gasteiger partial charge in [0.05, 0.1) is 5.10 Å². The molecule has 0 aromatic carbocycles. The first-order valence-electron chi connectivity index (χ1n) is 3.68. The molecule has 1 aromatic rings. The van der Waals surface area contributed by atoms with Crippen LogP contribution in [0.25, 0.3) is 0 Å². The molecule has 0 fully saturated rings. The van der Waals surface area contributed by atoms with Gasteiger partial charge in [-0.3, -0.25) is 0 Å². The molecule has 1 rings (SSSR count). The SMILES string of the molecule is Cc1ccc([S+]([O-])CC(=O)O)n[n+]1[O-]. The van der Waals surface area contributed by atoms with Gasteiger partial charge in [-0.1, -0.05) is 4.85 Å². The zero-order valence-corrected chi connectivity index (χ0v) is 8.15. The Morgan fingerprint density at radius 2 is 2.36 bits per heavy atom. The highest BCUT2D eigenvalue weighted by Gasteiger charge is 2.20. The van der Waals surface area contributed by atoms with Crippen molar-refractivity contribution in [3.8, 4) is 0 Å². The fourth-order valence-corrected chi connectivity index (χ4v) is 1.52. The van der Waals surface area contributed by atoms with E-state index in [0.29, 0.717) is 10.5 Å². The third kappa shape index (κ3) is 2.57. The Bertz CT molecular complexity index is 358. The predicted octanol–water partition coefficient (Wildman–Crippen LogP) is -0.784. The number of rotatable bonds is 3. The minimum absolute atomic E-state index is 0.0204. The van der Waals surface area contributed by atoms with E-state index < -0.39 is 22.9 Å². The number of aromatic nitrogens is 2. The highest BCUT2D eigenvalue weighted by atomic mass is 32.2. The van der Waals surface area contributed by atoms with Crippen LogP contribution in [0.5, 0.6) is 0 Å². The zero-order chi connectivity index (χ0) is 10.7. The second kappa shape index (κ2) is 4.25. The van der Waals surface area contributed by atoms with Gasteiger partial charge in [0, 0.05) is 30.2 Å². The molecular weight excluding hydrogens is 208 g/mol. The number of hydrogen-bond donors (Lipinski definition) is 1. The molecular formula is C7H8N2O4S. The quantitative estimate of drug-likeness (QED) is 0.405. The van der Waals surface area contributed by atoms with Crippen molar-refractivity contribution in [2.24, 2.45) is 0 Å². The number of aliphatic carboxylic acids is 1. The summed E-state index contributed by atoms with van der Waals surface area (Å²) >= 11 is -1.76. The molecule has 1 heterocycles. The second-order valence-corrected chi connectivity index (χ2v) is 3.97. The molecule has 1 unspecified atom stereocenters. The van der Waals surface area contributed by atoms with Crippen LogP contribution in [-0.4, -0.2) is 26.5 Å². The first-order valence-corrected chi connectivity index (χ1v) is 5.00. The fourth-order valence-electron chi connectivity index (χ4n) is 0.765. The van der Waals surface area contributed by atoms with Crippen LogP contribution in [0.3, 0.4) is 0 Å². The summed E-state index contributed by atoms with van der Waals surface area (Å²) in [5.41, 5.74) is 0.362. The van der Waals surface area contributed by atoms with Crippen LogP contribution in [0.15, 0.2) is 17.2 Å². The van der Waals surface area contributed by atoms with Crippen LogP contribution < -0.4 is 4.85 Å². The number of carboxylic acids is 1. The number of hydrogen-bond acceptors (Lipinski definition) is 4. The lowest BCUT2D eigenvalue weighted by atomic mass is 10.4. The molecule has 76 valence electrons. The molecule has 14 heavy (non-hydrogen) atoms. The molecule has 0 saturated carbocycles. The van der Waals surface area contributed by atoms with E-state index in [4.69, 9.17) is 5.11 Å². The average molecular weight is 216 g/mol. The Morgan fingerprint density at radius 1 is 1.71 bits per heavy atom. The van der Waals surface area contributed by atoms with Crippen LogP contribution in [0.4, 0.5) is 0 Å². The normalized spacial score (nSPS) is 12.4. The van der Waals surface area contributed by atoms with E-state index >= 15 is 0 Å². The molecule has 1 aromatic heterocycles. The van der Waals surface area contributed by atoms with Gasteiger partial charge in [-0.2, -0.15) is 0 Å². The van der Waals surface area contributed by atoms with Crippen molar-refractivity contribution in [1.29, 1.82) is 0 Å². The van der Waals surface area contributed by atoms with Crippen molar-refractivity contribution in [1.82, 2.24) is 5.10 Å². The van der Waals surface area contributed by atoms with E-state index in [2.05, 4.69) is 5.10 Å². The van der Waals surface area contributed by atoms with Gasteiger partial charge in [-0.05, 0) is 0 Å². The summed E-state index contributed by atoms with van der Waals surface area (Å²) in [7, 11) is 0. The highest BCUT2D eigenvalue weighted by Crippen LogP contribution is 2.05. The number of aryl methyl sites for hydroxylation is 1. The van der Waals surface area contributed by atoms with Crippen molar-refractivity contribution in [2.75, 3.05) is 5.75 Å². The Labute approximate surface area is 82.9 Å². The monoisotopic (exact) mass is 216 g/mol. The first kappa shape index (κ1) is 10.7. The molecule has 6 nitrogen and oxygen atoms in total. The fraction of sp³-hybridized carbons (Fsp3) is 0.286. The predicted molar refractivity (Wildman–Crippen MR) is 46.8 cm³/mol. The smallest absolute Gasteiger partial charge is 0.354 e. The third-order valence-electron chi connectivity index (χ3n) is 1.45. The largest absolute Gasteiger partial charge is 0.610 e. The minimum Gasteiger partial charge on any atom is -0.610 e. The summed E-state index contributed by atoms with van der Waals surface area (Å²) < 4.78 is 11.2. The average Bonchev–Trinajstić information content (AvgIpc) is 2.08. The molecule has 0 radical (unpaired) electrons. The van der Waals surface area contributed by atoms with Crippen LogP contribution in [0, 0.1) is 12.1 Å². The van der Waals surface area contributed by atoms with E-state index in [1.807, 2.05) is 0 Å². The Morgan fingerprint density at radius 3 is 2.86 bits per heavy atom. The molecule has 0 bridgehead atoms. The maximum atomic E-state index is 11.2. The maximum Gasteiger partial charge on any atom is 0.354 e. The van der Waals surface area contributed by atoms with Crippen molar-refractivity contribution in [2.45, 2.75) is 11.9 Å². The van der Waals surface area contributed by atoms with Gasteiger partial charge >= 0.3 is 11.0 Å². The lowest BCUT2D eigenvalue weighted by molar-refractivity contribution is -0.679. The number of carboxylic acid groups (broad SMARTS) is 1. The van der Waals surface area contributed by atoms with Crippen molar-refractivity contribution in [3.05, 3.63) is 23.0 Å². The maximum absolute atomic E-state index is 11.2. The molecule has 7 heteroatoms. The van der Waals surface area contributed by atoms with E-state index in [1.54, 1.807) is 6.92 Å². The zero-order valence-electron chi connectivity index (χ0n) is 7.34. The molecule has 1 atom stereocenters. The van der Waals surface area contributed by atoms with Crippen LogP contribution in [0.1, 0.15) is 5.69 Å². The first-order chi connectivity index (χ1) is 6.50. The molecule has 0 saturated heterocycles. The van der Waals surface area contributed by atoms with Crippen molar-refractivity contribution >= 4 is 17.1 Å².